The number of hydrogen-bond donors (Lipinski definition) is 1. The Bertz CT molecular complexity index is 430. The molecule has 0 aliphatic carbocycles. The highest BCUT2D eigenvalue weighted by atomic mass is 16.5. The molecule has 2 atom stereocenters. The van der Waals surface area contributed by atoms with Gasteiger partial charge in [-0.25, -0.2) is 0 Å². The Morgan fingerprint density at radius 2 is 2.20 bits per heavy atom. The standard InChI is InChI=1S/C13H23N5O2/c1-14-10(9-19-2)7-12-15-13(16-20-12)11-8-17-3-5-18(11)6-4-17/h10-11,14H,3-9H2,1-2H3. The number of fused-ring (bicyclic) bond motifs is 3. The van der Waals surface area contributed by atoms with Gasteiger partial charge in [0, 0.05) is 52.3 Å². The summed E-state index contributed by atoms with van der Waals surface area (Å²) in [6.07, 6.45) is 0.702. The number of aromatic nitrogens is 2. The Morgan fingerprint density at radius 3 is 2.80 bits per heavy atom. The second kappa shape index (κ2) is 6.17. The molecule has 0 amide bonds. The van der Waals surface area contributed by atoms with Crippen LogP contribution in [0.1, 0.15) is 17.8 Å². The zero-order valence-corrected chi connectivity index (χ0v) is 12.2. The van der Waals surface area contributed by atoms with Crippen molar-refractivity contribution in [3.8, 4) is 0 Å². The molecule has 112 valence electrons. The molecule has 2 unspecified atom stereocenters. The van der Waals surface area contributed by atoms with Crippen LogP contribution in [0.4, 0.5) is 0 Å². The van der Waals surface area contributed by atoms with Crippen molar-refractivity contribution in [1.29, 1.82) is 0 Å². The molecular weight excluding hydrogens is 258 g/mol. The monoisotopic (exact) mass is 281 g/mol. The number of nitrogens with one attached hydrogen (secondary N) is 1. The number of piperazine rings is 3. The molecule has 4 heterocycles. The van der Waals surface area contributed by atoms with E-state index in [9.17, 15) is 0 Å². The predicted molar refractivity (Wildman–Crippen MR) is 73.5 cm³/mol. The molecule has 2 bridgehead atoms. The Hall–Kier alpha value is -1.02. The zero-order chi connectivity index (χ0) is 13.9. The van der Waals surface area contributed by atoms with E-state index in [-0.39, 0.29) is 6.04 Å². The highest BCUT2D eigenvalue weighted by Crippen LogP contribution is 2.26. The third-order valence-electron chi connectivity index (χ3n) is 4.26. The average molecular weight is 281 g/mol. The fourth-order valence-electron chi connectivity index (χ4n) is 3.01. The molecule has 1 aromatic heterocycles. The first-order valence-corrected chi connectivity index (χ1v) is 7.25. The normalized spacial score (nSPS) is 30.6. The number of rotatable bonds is 6. The number of likely N-dealkylation sites (N-methyl/N-ethyl adjacent to an activating group) is 1. The van der Waals surface area contributed by atoms with E-state index in [1.807, 2.05) is 7.05 Å². The first-order chi connectivity index (χ1) is 9.80. The highest BCUT2D eigenvalue weighted by molar-refractivity contribution is 5.02. The third kappa shape index (κ3) is 2.85. The van der Waals surface area contributed by atoms with Crippen LogP contribution in [0.2, 0.25) is 0 Å². The van der Waals surface area contributed by atoms with Crippen LogP contribution < -0.4 is 5.32 Å². The van der Waals surface area contributed by atoms with E-state index in [4.69, 9.17) is 9.26 Å². The molecule has 3 saturated heterocycles. The summed E-state index contributed by atoms with van der Waals surface area (Å²) in [5.74, 6) is 1.52. The van der Waals surface area contributed by atoms with Crippen molar-refractivity contribution < 1.29 is 9.26 Å². The van der Waals surface area contributed by atoms with Gasteiger partial charge < -0.3 is 14.6 Å². The van der Waals surface area contributed by atoms with Crippen LogP contribution in [0.15, 0.2) is 4.52 Å². The van der Waals surface area contributed by atoms with E-state index in [2.05, 4.69) is 25.3 Å². The summed E-state index contributed by atoms with van der Waals surface area (Å²) in [6, 6.07) is 0.505. The van der Waals surface area contributed by atoms with Crippen molar-refractivity contribution in [3.05, 3.63) is 11.7 Å². The Labute approximate surface area is 119 Å². The maximum Gasteiger partial charge on any atom is 0.228 e. The van der Waals surface area contributed by atoms with Crippen molar-refractivity contribution in [1.82, 2.24) is 25.3 Å². The molecule has 20 heavy (non-hydrogen) atoms. The summed E-state index contributed by atoms with van der Waals surface area (Å²) in [7, 11) is 3.62. The molecule has 0 saturated carbocycles. The molecule has 1 aromatic rings. The predicted octanol–water partition coefficient (Wildman–Crippen LogP) is -0.481. The molecule has 3 aliphatic heterocycles. The first-order valence-electron chi connectivity index (χ1n) is 7.25. The van der Waals surface area contributed by atoms with Crippen LogP contribution in [0.3, 0.4) is 0 Å². The van der Waals surface area contributed by atoms with Gasteiger partial charge in [0.05, 0.1) is 12.6 Å². The summed E-state index contributed by atoms with van der Waals surface area (Å²) < 4.78 is 10.6. The van der Waals surface area contributed by atoms with Gasteiger partial charge in [0.15, 0.2) is 5.82 Å². The largest absolute Gasteiger partial charge is 0.383 e. The van der Waals surface area contributed by atoms with E-state index < -0.39 is 0 Å². The van der Waals surface area contributed by atoms with E-state index >= 15 is 0 Å². The summed E-state index contributed by atoms with van der Waals surface area (Å²) in [6.45, 7) is 6.20. The number of hydrogen-bond acceptors (Lipinski definition) is 7. The van der Waals surface area contributed by atoms with Crippen LogP contribution in [0.25, 0.3) is 0 Å². The molecule has 3 aliphatic rings. The zero-order valence-electron chi connectivity index (χ0n) is 12.2. The lowest BCUT2D eigenvalue weighted by molar-refractivity contribution is 0.00781. The minimum absolute atomic E-state index is 0.208. The van der Waals surface area contributed by atoms with Crippen molar-refractivity contribution in [2.45, 2.75) is 18.5 Å². The summed E-state index contributed by atoms with van der Waals surface area (Å²) in [4.78, 5) is 9.51. The number of methoxy groups -OCH3 is 1. The van der Waals surface area contributed by atoms with Crippen molar-refractivity contribution in [2.75, 3.05) is 53.5 Å². The number of ether oxygens (including phenoxy) is 1. The molecule has 1 N–H and O–H groups in total. The van der Waals surface area contributed by atoms with Gasteiger partial charge >= 0.3 is 0 Å². The summed E-state index contributed by atoms with van der Waals surface area (Å²) >= 11 is 0. The molecule has 4 rings (SSSR count). The topological polar surface area (TPSA) is 66.7 Å². The van der Waals surface area contributed by atoms with Gasteiger partial charge in [-0.1, -0.05) is 5.16 Å². The van der Waals surface area contributed by atoms with Crippen molar-refractivity contribution >= 4 is 0 Å². The molecule has 0 aromatic carbocycles. The SMILES string of the molecule is CNC(COC)Cc1nc(C2CN3CCN2CC3)no1. The minimum atomic E-state index is 0.208. The Kier molecular flexibility index (Phi) is 4.30. The second-order valence-electron chi connectivity index (χ2n) is 5.54. The molecular formula is C13H23N5O2. The maximum atomic E-state index is 5.40. The van der Waals surface area contributed by atoms with Crippen LogP contribution in [-0.2, 0) is 11.2 Å². The lowest BCUT2D eigenvalue weighted by Gasteiger charge is -2.46. The van der Waals surface area contributed by atoms with Crippen LogP contribution >= 0.6 is 0 Å². The molecule has 7 nitrogen and oxygen atoms in total. The molecule has 0 radical (unpaired) electrons. The fraction of sp³-hybridized carbons (Fsp3) is 0.846. The van der Waals surface area contributed by atoms with Crippen molar-refractivity contribution in [3.63, 3.8) is 0 Å². The third-order valence-corrected chi connectivity index (χ3v) is 4.26. The van der Waals surface area contributed by atoms with E-state index in [0.29, 0.717) is 25.0 Å². The van der Waals surface area contributed by atoms with Gasteiger partial charge in [0.25, 0.3) is 0 Å². The molecule has 0 spiro atoms. The minimum Gasteiger partial charge on any atom is -0.383 e. The lowest BCUT2D eigenvalue weighted by atomic mass is 10.1. The van der Waals surface area contributed by atoms with E-state index in [0.717, 1.165) is 38.5 Å². The Balaban J connectivity index is 1.64. The van der Waals surface area contributed by atoms with Gasteiger partial charge in [-0.2, -0.15) is 4.98 Å². The quantitative estimate of drug-likeness (QED) is 0.755. The van der Waals surface area contributed by atoms with Gasteiger partial charge in [0.1, 0.15) is 0 Å². The van der Waals surface area contributed by atoms with Gasteiger partial charge in [-0.15, -0.1) is 0 Å². The van der Waals surface area contributed by atoms with Crippen LogP contribution in [0.5, 0.6) is 0 Å². The maximum absolute atomic E-state index is 5.40. The lowest BCUT2D eigenvalue weighted by Crippen LogP contribution is -2.57. The first kappa shape index (κ1) is 13.9. The van der Waals surface area contributed by atoms with Crippen LogP contribution in [-0.4, -0.2) is 79.5 Å². The molecule has 3 fully saturated rings. The van der Waals surface area contributed by atoms with Crippen LogP contribution in [0, 0.1) is 0 Å². The van der Waals surface area contributed by atoms with Crippen molar-refractivity contribution in [2.24, 2.45) is 0 Å². The second-order valence-corrected chi connectivity index (χ2v) is 5.54. The summed E-state index contributed by atoms with van der Waals surface area (Å²) in [5, 5.41) is 7.38. The number of nitrogens with zero attached hydrogens (tertiary/aromatic N) is 4. The Morgan fingerprint density at radius 1 is 1.40 bits per heavy atom. The van der Waals surface area contributed by atoms with Gasteiger partial charge in [-0.3, -0.25) is 9.80 Å². The van der Waals surface area contributed by atoms with E-state index in [1.54, 1.807) is 7.11 Å². The smallest absolute Gasteiger partial charge is 0.228 e. The molecule has 7 heteroatoms. The average Bonchev–Trinajstić information content (AvgIpc) is 2.96. The van der Waals surface area contributed by atoms with E-state index in [1.165, 1.54) is 0 Å². The fourth-order valence-corrected chi connectivity index (χ4v) is 3.01. The summed E-state index contributed by atoms with van der Waals surface area (Å²) in [5.41, 5.74) is 0. The van der Waals surface area contributed by atoms with Gasteiger partial charge in [-0.05, 0) is 7.05 Å². The van der Waals surface area contributed by atoms with Gasteiger partial charge in [0.2, 0.25) is 5.89 Å². The highest BCUT2D eigenvalue weighted by Gasteiger charge is 2.35.